The first kappa shape index (κ1) is 10.4. The van der Waals surface area contributed by atoms with E-state index in [0.717, 1.165) is 25.2 Å². The van der Waals surface area contributed by atoms with Gasteiger partial charge in [0.1, 0.15) is 0 Å². The number of nitrogens with zero attached hydrogens (tertiary/aromatic N) is 1. The van der Waals surface area contributed by atoms with Crippen molar-refractivity contribution in [1.29, 1.82) is 0 Å². The Balaban J connectivity index is 2.13. The van der Waals surface area contributed by atoms with E-state index in [4.69, 9.17) is 0 Å². The van der Waals surface area contributed by atoms with Crippen molar-refractivity contribution in [3.8, 4) is 11.3 Å². The molecule has 88 valence electrons. The first-order valence-electron chi connectivity index (χ1n) is 6.29. The lowest BCUT2D eigenvalue weighted by molar-refractivity contribution is 0.834. The fraction of sp³-hybridized carbons (Fsp3) is 0.357. The van der Waals surface area contributed by atoms with Crippen LogP contribution in [0.1, 0.15) is 24.5 Å². The maximum absolute atomic E-state index is 4.39. The van der Waals surface area contributed by atoms with Crippen molar-refractivity contribution in [2.45, 2.75) is 26.2 Å². The van der Waals surface area contributed by atoms with Crippen molar-refractivity contribution >= 4 is 5.82 Å². The number of aromatic amines is 1. The summed E-state index contributed by atoms with van der Waals surface area (Å²) in [5.74, 6) is 1.03. The Morgan fingerprint density at radius 3 is 3.06 bits per heavy atom. The highest BCUT2D eigenvalue weighted by atomic mass is 15.2. The molecule has 2 N–H and O–H groups in total. The number of aromatic nitrogens is 2. The Kier molecular flexibility index (Phi) is 2.59. The van der Waals surface area contributed by atoms with Gasteiger partial charge in [0.05, 0.1) is 5.69 Å². The van der Waals surface area contributed by atoms with E-state index in [1.165, 1.54) is 28.8 Å². The average molecular weight is 227 g/mol. The van der Waals surface area contributed by atoms with Gasteiger partial charge in [-0.1, -0.05) is 24.3 Å². The van der Waals surface area contributed by atoms with E-state index in [2.05, 4.69) is 46.7 Å². The monoisotopic (exact) mass is 227 g/mol. The molecule has 2 aromatic rings. The van der Waals surface area contributed by atoms with Crippen LogP contribution in [-0.4, -0.2) is 16.7 Å². The predicted molar refractivity (Wildman–Crippen MR) is 70.2 cm³/mol. The van der Waals surface area contributed by atoms with Crippen molar-refractivity contribution in [3.63, 3.8) is 0 Å². The normalized spacial score (nSPS) is 13.7. The number of nitrogens with one attached hydrogen (secondary N) is 2. The van der Waals surface area contributed by atoms with Crippen LogP contribution in [0.4, 0.5) is 5.82 Å². The third kappa shape index (κ3) is 1.71. The minimum Gasteiger partial charge on any atom is -0.369 e. The van der Waals surface area contributed by atoms with Crippen molar-refractivity contribution in [3.05, 3.63) is 35.4 Å². The lowest BCUT2D eigenvalue weighted by Gasteiger charge is -2.04. The van der Waals surface area contributed by atoms with Crippen LogP contribution in [0.2, 0.25) is 0 Å². The van der Waals surface area contributed by atoms with Crippen LogP contribution in [0, 0.1) is 0 Å². The summed E-state index contributed by atoms with van der Waals surface area (Å²) in [7, 11) is 0. The molecule has 0 spiro atoms. The summed E-state index contributed by atoms with van der Waals surface area (Å²) in [4.78, 5) is 0. The SMILES string of the molecule is CCNc1n[nH]c2c1CCCc1ccccc1-2. The summed E-state index contributed by atoms with van der Waals surface area (Å²) < 4.78 is 0. The van der Waals surface area contributed by atoms with Gasteiger partial charge in [0.15, 0.2) is 5.82 Å². The number of rotatable bonds is 2. The van der Waals surface area contributed by atoms with Crippen LogP contribution in [0.25, 0.3) is 11.3 Å². The standard InChI is InChI=1S/C14H17N3/c1-2-15-14-12-9-5-7-10-6-3-4-8-11(10)13(12)16-17-14/h3-4,6,8H,2,5,7,9H2,1H3,(H2,15,16,17). The zero-order valence-electron chi connectivity index (χ0n) is 10.1. The Morgan fingerprint density at radius 1 is 1.29 bits per heavy atom. The van der Waals surface area contributed by atoms with Gasteiger partial charge in [-0.25, -0.2) is 0 Å². The fourth-order valence-corrected chi connectivity index (χ4v) is 2.58. The number of H-pyrrole nitrogens is 1. The molecule has 1 aromatic carbocycles. The van der Waals surface area contributed by atoms with E-state index in [-0.39, 0.29) is 0 Å². The molecule has 0 bridgehead atoms. The van der Waals surface area contributed by atoms with Gasteiger partial charge in [-0.15, -0.1) is 0 Å². The van der Waals surface area contributed by atoms with E-state index in [1.54, 1.807) is 0 Å². The molecule has 0 unspecified atom stereocenters. The highest BCUT2D eigenvalue weighted by Gasteiger charge is 2.19. The van der Waals surface area contributed by atoms with Crippen LogP contribution in [0.15, 0.2) is 24.3 Å². The molecule has 3 nitrogen and oxygen atoms in total. The van der Waals surface area contributed by atoms with Crippen LogP contribution in [0.3, 0.4) is 0 Å². The van der Waals surface area contributed by atoms with Crippen LogP contribution < -0.4 is 5.32 Å². The first-order valence-corrected chi connectivity index (χ1v) is 6.29. The lowest BCUT2D eigenvalue weighted by Crippen LogP contribution is -2.00. The molecule has 1 aromatic heterocycles. The highest BCUT2D eigenvalue weighted by Crippen LogP contribution is 2.33. The number of aryl methyl sites for hydroxylation is 1. The van der Waals surface area contributed by atoms with Crippen LogP contribution >= 0.6 is 0 Å². The summed E-state index contributed by atoms with van der Waals surface area (Å²) in [6.45, 7) is 3.02. The molecule has 0 amide bonds. The fourth-order valence-electron chi connectivity index (χ4n) is 2.58. The smallest absolute Gasteiger partial charge is 0.151 e. The van der Waals surface area contributed by atoms with Gasteiger partial charge >= 0.3 is 0 Å². The average Bonchev–Trinajstić information content (AvgIpc) is 2.65. The Hall–Kier alpha value is -1.77. The van der Waals surface area contributed by atoms with Crippen LogP contribution in [0.5, 0.6) is 0 Å². The maximum atomic E-state index is 4.39. The molecule has 3 heteroatoms. The summed E-state index contributed by atoms with van der Waals surface area (Å²) in [6, 6.07) is 8.62. The molecule has 17 heavy (non-hydrogen) atoms. The van der Waals surface area contributed by atoms with Crippen molar-refractivity contribution in [2.24, 2.45) is 0 Å². The number of anilines is 1. The zero-order valence-corrected chi connectivity index (χ0v) is 10.1. The lowest BCUT2D eigenvalue weighted by atomic mass is 10.0. The van der Waals surface area contributed by atoms with E-state index in [0.29, 0.717) is 0 Å². The molecule has 3 rings (SSSR count). The third-order valence-electron chi connectivity index (χ3n) is 3.37. The molecule has 1 heterocycles. The summed E-state index contributed by atoms with van der Waals surface area (Å²) in [5, 5.41) is 10.9. The van der Waals surface area contributed by atoms with Crippen molar-refractivity contribution in [1.82, 2.24) is 10.2 Å². The number of fused-ring (bicyclic) bond motifs is 3. The van der Waals surface area contributed by atoms with E-state index < -0.39 is 0 Å². The number of benzene rings is 1. The Bertz CT molecular complexity index is 528. The minimum atomic E-state index is 0.916. The molecule has 0 atom stereocenters. The topological polar surface area (TPSA) is 40.7 Å². The van der Waals surface area contributed by atoms with Crippen molar-refractivity contribution in [2.75, 3.05) is 11.9 Å². The molecule has 1 aliphatic rings. The third-order valence-corrected chi connectivity index (χ3v) is 3.37. The predicted octanol–water partition coefficient (Wildman–Crippen LogP) is 3.00. The molecule has 0 saturated heterocycles. The van der Waals surface area contributed by atoms with Gasteiger partial charge in [-0.2, -0.15) is 5.10 Å². The first-order chi connectivity index (χ1) is 8.40. The second-order valence-corrected chi connectivity index (χ2v) is 4.47. The quantitative estimate of drug-likeness (QED) is 0.828. The Morgan fingerprint density at radius 2 is 2.18 bits per heavy atom. The van der Waals surface area contributed by atoms with Gasteiger partial charge in [0.2, 0.25) is 0 Å². The van der Waals surface area contributed by atoms with Gasteiger partial charge < -0.3 is 5.32 Å². The number of hydrogen-bond donors (Lipinski definition) is 2. The maximum Gasteiger partial charge on any atom is 0.151 e. The van der Waals surface area contributed by atoms with Gasteiger partial charge in [-0.05, 0) is 31.7 Å². The largest absolute Gasteiger partial charge is 0.369 e. The van der Waals surface area contributed by atoms with Crippen LogP contribution in [-0.2, 0) is 12.8 Å². The summed E-state index contributed by atoms with van der Waals surface area (Å²) in [6.07, 6.45) is 3.45. The van der Waals surface area contributed by atoms with Gasteiger partial charge in [0, 0.05) is 17.7 Å². The van der Waals surface area contributed by atoms with Gasteiger partial charge in [-0.3, -0.25) is 5.10 Å². The van der Waals surface area contributed by atoms with Crippen molar-refractivity contribution < 1.29 is 0 Å². The molecular weight excluding hydrogens is 210 g/mol. The molecule has 0 radical (unpaired) electrons. The van der Waals surface area contributed by atoms with Gasteiger partial charge in [0.25, 0.3) is 0 Å². The summed E-state index contributed by atoms with van der Waals surface area (Å²) >= 11 is 0. The summed E-state index contributed by atoms with van der Waals surface area (Å²) in [5.41, 5.74) is 5.29. The Labute approximate surface area is 101 Å². The molecule has 1 aliphatic carbocycles. The van der Waals surface area contributed by atoms with E-state index >= 15 is 0 Å². The second kappa shape index (κ2) is 4.24. The molecule has 0 aliphatic heterocycles. The molecule has 0 saturated carbocycles. The number of hydrogen-bond acceptors (Lipinski definition) is 2. The van der Waals surface area contributed by atoms with E-state index in [9.17, 15) is 0 Å². The van der Waals surface area contributed by atoms with E-state index in [1.807, 2.05) is 0 Å². The minimum absolute atomic E-state index is 0.916. The molecule has 0 fully saturated rings. The highest BCUT2D eigenvalue weighted by molar-refractivity contribution is 5.72. The molecular formula is C14H17N3. The zero-order chi connectivity index (χ0) is 11.7. The second-order valence-electron chi connectivity index (χ2n) is 4.47.